The van der Waals surface area contributed by atoms with Crippen LogP contribution in [0.1, 0.15) is 23.4 Å². The molecule has 0 bridgehead atoms. The van der Waals surface area contributed by atoms with Gasteiger partial charge in [0.05, 0.1) is 24.1 Å². The molecular weight excluding hydrogens is 470 g/mol. The quantitative estimate of drug-likeness (QED) is 0.213. The van der Waals surface area contributed by atoms with E-state index in [2.05, 4.69) is 53.2 Å². The topological polar surface area (TPSA) is 56.1 Å². The smallest absolute Gasteiger partial charge is 0.224 e. The summed E-state index contributed by atoms with van der Waals surface area (Å²) in [6, 6.07) is 34.7. The van der Waals surface area contributed by atoms with Gasteiger partial charge in [0.25, 0.3) is 0 Å². The zero-order valence-electron chi connectivity index (χ0n) is 21.8. The fourth-order valence-corrected chi connectivity index (χ4v) is 4.70. The molecule has 0 atom stereocenters. The molecule has 0 aliphatic heterocycles. The van der Waals surface area contributed by atoms with Gasteiger partial charge >= 0.3 is 0 Å². The van der Waals surface area contributed by atoms with Crippen LogP contribution in [0.4, 0.5) is 0 Å². The third-order valence-electron chi connectivity index (χ3n) is 6.71. The molecule has 0 radical (unpaired) electrons. The first-order valence-electron chi connectivity index (χ1n) is 13.2. The Morgan fingerprint density at radius 3 is 2.37 bits per heavy atom. The number of benzene rings is 4. The highest BCUT2D eigenvalue weighted by atomic mass is 16.5. The average Bonchev–Trinajstić information content (AvgIpc) is 3.30. The number of nitrogens with zero attached hydrogens (tertiary/aromatic N) is 2. The van der Waals surface area contributed by atoms with Crippen molar-refractivity contribution in [2.45, 2.75) is 32.7 Å². The number of rotatable bonds is 11. The highest BCUT2D eigenvalue weighted by Crippen LogP contribution is 2.20. The van der Waals surface area contributed by atoms with Crippen molar-refractivity contribution in [3.05, 3.63) is 120 Å². The molecule has 0 saturated carbocycles. The van der Waals surface area contributed by atoms with Gasteiger partial charge in [-0.2, -0.15) is 0 Å². The second-order valence-electron chi connectivity index (χ2n) is 9.48. The molecule has 1 amide bonds. The first kappa shape index (κ1) is 25.3. The standard InChI is InChI=1S/C33H33N3O2/c1-25-10-5-8-15-31(25)38-23-9-22-36-30-14-7-6-13-29(30)35-32(36)20-21-34-33(37)24-26-16-18-28(19-17-26)27-11-3-2-4-12-27/h2-8,10-19H,9,20-24H2,1H3,(H,34,37). The Bertz CT molecular complexity index is 1490. The number of aromatic nitrogens is 2. The number of amides is 1. The van der Waals surface area contributed by atoms with Gasteiger partial charge in [-0.3, -0.25) is 4.79 Å². The summed E-state index contributed by atoms with van der Waals surface area (Å²) in [4.78, 5) is 17.5. The predicted octanol–water partition coefficient (Wildman–Crippen LogP) is 6.38. The minimum Gasteiger partial charge on any atom is -0.493 e. The van der Waals surface area contributed by atoms with Gasteiger partial charge in [0.1, 0.15) is 11.6 Å². The Morgan fingerprint density at radius 1 is 0.842 bits per heavy atom. The van der Waals surface area contributed by atoms with E-state index >= 15 is 0 Å². The maximum absolute atomic E-state index is 12.6. The van der Waals surface area contributed by atoms with Gasteiger partial charge in [-0.25, -0.2) is 4.98 Å². The molecule has 0 spiro atoms. The molecule has 1 N–H and O–H groups in total. The zero-order chi connectivity index (χ0) is 26.2. The predicted molar refractivity (Wildman–Crippen MR) is 153 cm³/mol. The average molecular weight is 504 g/mol. The molecule has 5 rings (SSSR count). The van der Waals surface area contributed by atoms with Gasteiger partial charge in [-0.15, -0.1) is 0 Å². The molecule has 4 aromatic carbocycles. The molecule has 0 unspecified atom stereocenters. The van der Waals surface area contributed by atoms with Crippen LogP contribution in [0.5, 0.6) is 5.75 Å². The SMILES string of the molecule is Cc1ccccc1OCCCn1c(CCNC(=O)Cc2ccc(-c3ccccc3)cc2)nc2ccccc21. The highest BCUT2D eigenvalue weighted by Gasteiger charge is 2.11. The largest absolute Gasteiger partial charge is 0.493 e. The van der Waals surface area contributed by atoms with Crippen LogP contribution in [-0.4, -0.2) is 28.6 Å². The first-order chi connectivity index (χ1) is 18.7. The van der Waals surface area contributed by atoms with Gasteiger partial charge < -0.3 is 14.6 Å². The summed E-state index contributed by atoms with van der Waals surface area (Å²) in [5.41, 5.74) is 6.56. The molecule has 1 heterocycles. The van der Waals surface area contributed by atoms with E-state index in [1.54, 1.807) is 0 Å². The summed E-state index contributed by atoms with van der Waals surface area (Å²) in [5.74, 6) is 1.93. The molecule has 0 fully saturated rings. The van der Waals surface area contributed by atoms with E-state index < -0.39 is 0 Å². The Labute approximate surface area is 224 Å². The van der Waals surface area contributed by atoms with Crippen LogP contribution in [0.25, 0.3) is 22.2 Å². The number of aryl methyl sites for hydroxylation is 2. The van der Waals surface area contributed by atoms with Gasteiger partial charge in [0, 0.05) is 19.5 Å². The number of imidazole rings is 1. The Morgan fingerprint density at radius 2 is 1.55 bits per heavy atom. The number of fused-ring (bicyclic) bond motifs is 1. The molecule has 192 valence electrons. The second-order valence-corrected chi connectivity index (χ2v) is 9.48. The maximum Gasteiger partial charge on any atom is 0.224 e. The normalized spacial score (nSPS) is 11.0. The number of ether oxygens (including phenoxy) is 1. The Balaban J connectivity index is 1.15. The molecule has 0 aliphatic carbocycles. The van der Waals surface area contributed by atoms with E-state index in [1.165, 1.54) is 5.56 Å². The summed E-state index contributed by atoms with van der Waals surface area (Å²) in [7, 11) is 0. The molecule has 0 saturated heterocycles. The lowest BCUT2D eigenvalue weighted by molar-refractivity contribution is -0.120. The molecule has 0 aliphatic rings. The van der Waals surface area contributed by atoms with Crippen LogP contribution in [0.2, 0.25) is 0 Å². The number of para-hydroxylation sites is 3. The van der Waals surface area contributed by atoms with Crippen molar-refractivity contribution < 1.29 is 9.53 Å². The fourth-order valence-electron chi connectivity index (χ4n) is 4.70. The number of carbonyl (C=O) groups excluding carboxylic acids is 1. The van der Waals surface area contributed by atoms with E-state index in [0.717, 1.165) is 52.3 Å². The number of hydrogen-bond donors (Lipinski definition) is 1. The summed E-state index contributed by atoms with van der Waals surface area (Å²) in [6.07, 6.45) is 1.90. The van der Waals surface area contributed by atoms with Gasteiger partial charge in [-0.05, 0) is 53.8 Å². The van der Waals surface area contributed by atoms with E-state index in [0.29, 0.717) is 26.0 Å². The number of carbonyl (C=O) groups is 1. The maximum atomic E-state index is 12.6. The summed E-state index contributed by atoms with van der Waals surface area (Å²) >= 11 is 0. The minimum atomic E-state index is 0.0201. The van der Waals surface area contributed by atoms with Crippen molar-refractivity contribution in [1.29, 1.82) is 0 Å². The van der Waals surface area contributed by atoms with Crippen molar-refractivity contribution in [2.24, 2.45) is 0 Å². The lowest BCUT2D eigenvalue weighted by Gasteiger charge is -2.12. The van der Waals surface area contributed by atoms with Crippen molar-refractivity contribution in [2.75, 3.05) is 13.2 Å². The lowest BCUT2D eigenvalue weighted by atomic mass is 10.0. The Hall–Kier alpha value is -4.38. The molecular formula is C33H33N3O2. The third kappa shape index (κ3) is 6.30. The fraction of sp³-hybridized carbons (Fsp3) is 0.212. The number of hydrogen-bond acceptors (Lipinski definition) is 3. The van der Waals surface area contributed by atoms with Crippen LogP contribution >= 0.6 is 0 Å². The third-order valence-corrected chi connectivity index (χ3v) is 6.71. The van der Waals surface area contributed by atoms with Gasteiger partial charge in [0.15, 0.2) is 0 Å². The van der Waals surface area contributed by atoms with E-state index in [-0.39, 0.29) is 5.91 Å². The van der Waals surface area contributed by atoms with Crippen molar-refractivity contribution in [1.82, 2.24) is 14.9 Å². The summed E-state index contributed by atoms with van der Waals surface area (Å²) < 4.78 is 8.25. The van der Waals surface area contributed by atoms with Gasteiger partial charge in [0.2, 0.25) is 5.91 Å². The molecule has 5 heteroatoms. The van der Waals surface area contributed by atoms with Crippen LogP contribution < -0.4 is 10.1 Å². The van der Waals surface area contributed by atoms with Crippen LogP contribution in [0.3, 0.4) is 0 Å². The molecule has 1 aromatic heterocycles. The van der Waals surface area contributed by atoms with Crippen molar-refractivity contribution >= 4 is 16.9 Å². The summed E-state index contributed by atoms with van der Waals surface area (Å²) in [5, 5.41) is 3.08. The van der Waals surface area contributed by atoms with Gasteiger partial charge in [-0.1, -0.05) is 84.9 Å². The number of nitrogens with one attached hydrogen (secondary N) is 1. The lowest BCUT2D eigenvalue weighted by Crippen LogP contribution is -2.28. The molecule has 38 heavy (non-hydrogen) atoms. The van der Waals surface area contributed by atoms with Crippen LogP contribution in [0, 0.1) is 6.92 Å². The van der Waals surface area contributed by atoms with Crippen LogP contribution in [0.15, 0.2) is 103 Å². The van der Waals surface area contributed by atoms with Crippen LogP contribution in [-0.2, 0) is 24.2 Å². The van der Waals surface area contributed by atoms with Crippen molar-refractivity contribution in [3.8, 4) is 16.9 Å². The molecule has 5 aromatic rings. The van der Waals surface area contributed by atoms with E-state index in [9.17, 15) is 4.79 Å². The van der Waals surface area contributed by atoms with Crippen molar-refractivity contribution in [3.63, 3.8) is 0 Å². The minimum absolute atomic E-state index is 0.0201. The molecule has 5 nitrogen and oxygen atoms in total. The first-order valence-corrected chi connectivity index (χ1v) is 13.2. The van der Waals surface area contributed by atoms with E-state index in [1.807, 2.05) is 66.7 Å². The second kappa shape index (κ2) is 12.2. The van der Waals surface area contributed by atoms with E-state index in [4.69, 9.17) is 9.72 Å². The monoisotopic (exact) mass is 503 g/mol. The highest BCUT2D eigenvalue weighted by molar-refractivity contribution is 5.79. The zero-order valence-corrected chi connectivity index (χ0v) is 21.8. The Kier molecular flexibility index (Phi) is 8.14. The summed E-state index contributed by atoms with van der Waals surface area (Å²) in [6.45, 7) is 4.05.